The molecule has 0 spiro atoms. The number of hydrogen-bond acceptors (Lipinski definition) is 9. The number of piperazine rings is 1. The number of carbonyl (C=O) groups is 1. The van der Waals surface area contributed by atoms with E-state index in [0.717, 1.165) is 44.1 Å². The van der Waals surface area contributed by atoms with Crippen LogP contribution in [0.5, 0.6) is 6.01 Å². The molecule has 5 heterocycles. The molecule has 2 N–H and O–H groups in total. The zero-order valence-corrected chi connectivity index (χ0v) is 29.5. The van der Waals surface area contributed by atoms with Crippen LogP contribution < -0.4 is 15.4 Å². The number of nitrogens with zero attached hydrogens (tertiary/aromatic N) is 6. The monoisotopic (exact) mass is 741 g/mol. The number of nitrogen functional groups attached to an aromatic ring is 1. The van der Waals surface area contributed by atoms with E-state index in [-0.39, 0.29) is 80.8 Å². The SMILES string of the molecule is [C-]#[N+]c1c(N)sc2c(F)ccc(-c3c(C(F)(F)F)cc4c(N5CC(C)N(C(=O)C=C)C(C)C5)nc(OCC56CCCN5CC(OC)C6)nc4c3F)c12. The van der Waals surface area contributed by atoms with Gasteiger partial charge in [0.25, 0.3) is 0 Å². The van der Waals surface area contributed by atoms with Gasteiger partial charge in [-0.1, -0.05) is 12.6 Å². The first-order valence-corrected chi connectivity index (χ1v) is 17.6. The summed E-state index contributed by atoms with van der Waals surface area (Å²) in [5.74, 6) is -2.43. The molecule has 0 radical (unpaired) electrons. The lowest BCUT2D eigenvalue weighted by molar-refractivity contribution is -0.137. The molecule has 1 amide bonds. The number of aromatic nitrogens is 2. The molecule has 0 saturated carbocycles. The predicted octanol–water partition coefficient (Wildman–Crippen LogP) is 7.19. The number of anilines is 2. The van der Waals surface area contributed by atoms with Crippen LogP contribution in [0.3, 0.4) is 0 Å². The van der Waals surface area contributed by atoms with Gasteiger partial charge in [0.1, 0.15) is 23.8 Å². The number of thiophene rings is 1. The Morgan fingerprint density at radius 1 is 1.21 bits per heavy atom. The third kappa shape index (κ3) is 5.79. The van der Waals surface area contributed by atoms with Crippen LogP contribution in [0.15, 0.2) is 30.9 Å². The Bertz CT molecular complexity index is 2140. The molecule has 3 fully saturated rings. The summed E-state index contributed by atoms with van der Waals surface area (Å²) in [7, 11) is 1.65. The molecule has 2 aromatic carbocycles. The second kappa shape index (κ2) is 13.1. The molecule has 7 rings (SSSR count). The molecule has 16 heteroatoms. The van der Waals surface area contributed by atoms with Gasteiger partial charge in [-0.05, 0) is 63.4 Å². The van der Waals surface area contributed by atoms with Gasteiger partial charge >= 0.3 is 12.2 Å². The number of amides is 1. The summed E-state index contributed by atoms with van der Waals surface area (Å²) in [6.07, 6.45) is -1.44. The van der Waals surface area contributed by atoms with Crippen molar-refractivity contribution in [2.75, 3.05) is 50.5 Å². The third-order valence-corrected chi connectivity index (χ3v) is 11.6. The van der Waals surface area contributed by atoms with Gasteiger partial charge in [0.15, 0.2) is 5.82 Å². The fraction of sp³-hybridized carbons (Fsp3) is 0.444. The molecule has 3 saturated heterocycles. The Morgan fingerprint density at radius 2 is 1.94 bits per heavy atom. The number of halogens is 5. The number of rotatable bonds is 7. The van der Waals surface area contributed by atoms with Gasteiger partial charge in [-0.25, -0.2) is 13.6 Å². The van der Waals surface area contributed by atoms with Crippen molar-refractivity contribution in [1.29, 1.82) is 0 Å². The number of hydrogen-bond donors (Lipinski definition) is 1. The van der Waals surface area contributed by atoms with Crippen molar-refractivity contribution in [3.8, 4) is 17.1 Å². The van der Waals surface area contributed by atoms with Crippen molar-refractivity contribution in [3.05, 3.63) is 59.5 Å². The molecule has 3 aliphatic heterocycles. The van der Waals surface area contributed by atoms with Crippen molar-refractivity contribution in [2.24, 2.45) is 0 Å². The lowest BCUT2D eigenvalue weighted by Crippen LogP contribution is -2.58. The quantitative estimate of drug-likeness (QED) is 0.121. The Hall–Kier alpha value is -4.59. The van der Waals surface area contributed by atoms with Gasteiger partial charge in [-0.2, -0.15) is 23.1 Å². The maximum atomic E-state index is 17.2. The lowest BCUT2D eigenvalue weighted by atomic mass is 9.93. The van der Waals surface area contributed by atoms with E-state index in [1.165, 1.54) is 6.08 Å². The molecule has 2 aromatic heterocycles. The molecular formula is C36H36F5N7O3S. The summed E-state index contributed by atoms with van der Waals surface area (Å²) >= 11 is 0.703. The zero-order chi connectivity index (χ0) is 37.3. The molecular weight excluding hydrogens is 705 g/mol. The van der Waals surface area contributed by atoms with Crippen LogP contribution in [0.25, 0.3) is 37.0 Å². The molecule has 4 unspecified atom stereocenters. The van der Waals surface area contributed by atoms with Crippen LogP contribution in [0.1, 0.15) is 38.7 Å². The number of fused-ring (bicyclic) bond motifs is 3. The van der Waals surface area contributed by atoms with Crippen LogP contribution in [0, 0.1) is 18.2 Å². The van der Waals surface area contributed by atoms with Crippen LogP contribution in [-0.2, 0) is 15.7 Å². The normalized spacial score (nSPS) is 23.7. The van der Waals surface area contributed by atoms with Gasteiger partial charge in [0, 0.05) is 55.2 Å². The van der Waals surface area contributed by atoms with Crippen molar-refractivity contribution in [3.63, 3.8) is 0 Å². The van der Waals surface area contributed by atoms with Crippen molar-refractivity contribution in [1.82, 2.24) is 19.8 Å². The second-order valence-electron chi connectivity index (χ2n) is 13.7. The second-order valence-corrected chi connectivity index (χ2v) is 14.8. The summed E-state index contributed by atoms with van der Waals surface area (Å²) in [5.41, 5.74) is 2.30. The Balaban J connectivity index is 1.44. The number of methoxy groups -OCH3 is 1. The average Bonchev–Trinajstić information content (AvgIpc) is 3.77. The smallest absolute Gasteiger partial charge is 0.417 e. The van der Waals surface area contributed by atoms with Crippen molar-refractivity contribution in [2.45, 2.75) is 63.0 Å². The molecule has 3 aliphatic rings. The molecule has 4 atom stereocenters. The van der Waals surface area contributed by atoms with Gasteiger partial charge in [0.2, 0.25) is 11.6 Å². The first-order chi connectivity index (χ1) is 24.7. The minimum Gasteiger partial charge on any atom is -0.461 e. The third-order valence-electron chi connectivity index (χ3n) is 10.6. The molecule has 274 valence electrons. The van der Waals surface area contributed by atoms with Gasteiger partial charge in [-0.3, -0.25) is 9.69 Å². The summed E-state index contributed by atoms with van der Waals surface area (Å²) in [6.45, 7) is 16.9. The Kier molecular flexibility index (Phi) is 9.03. The van der Waals surface area contributed by atoms with E-state index in [4.69, 9.17) is 21.8 Å². The van der Waals surface area contributed by atoms with Crippen LogP contribution in [0.4, 0.5) is 38.5 Å². The average molecular weight is 742 g/mol. The fourth-order valence-corrected chi connectivity index (χ4v) is 9.27. The molecule has 4 aromatic rings. The minimum absolute atomic E-state index is 0.00523. The first kappa shape index (κ1) is 35.8. The highest BCUT2D eigenvalue weighted by Crippen LogP contribution is 2.51. The highest BCUT2D eigenvalue weighted by Gasteiger charge is 2.49. The van der Waals surface area contributed by atoms with Crippen molar-refractivity contribution < 1.29 is 36.2 Å². The maximum absolute atomic E-state index is 17.2. The van der Waals surface area contributed by atoms with Gasteiger partial charge in [-0.15, -0.1) is 11.3 Å². The van der Waals surface area contributed by atoms with E-state index in [2.05, 4.69) is 26.3 Å². The lowest BCUT2D eigenvalue weighted by Gasteiger charge is -2.44. The molecule has 0 bridgehead atoms. The predicted molar refractivity (Wildman–Crippen MR) is 189 cm³/mol. The number of alkyl halides is 3. The topological polar surface area (TPSA) is 101 Å². The van der Waals surface area contributed by atoms with E-state index < -0.39 is 46.5 Å². The summed E-state index contributed by atoms with van der Waals surface area (Å²) in [5, 5.41) is -0.544. The van der Waals surface area contributed by atoms with E-state index in [1.807, 2.05) is 0 Å². The minimum atomic E-state index is -5.10. The Morgan fingerprint density at radius 3 is 2.60 bits per heavy atom. The summed E-state index contributed by atoms with van der Waals surface area (Å²) in [6, 6.07) is 1.70. The zero-order valence-electron chi connectivity index (χ0n) is 28.7. The number of carbonyl (C=O) groups excluding carboxylic acids is 1. The first-order valence-electron chi connectivity index (χ1n) is 16.8. The maximum Gasteiger partial charge on any atom is 0.417 e. The van der Waals surface area contributed by atoms with Gasteiger partial charge in [0.05, 0.1) is 33.5 Å². The van der Waals surface area contributed by atoms with E-state index in [1.54, 1.807) is 30.8 Å². The molecule has 52 heavy (non-hydrogen) atoms. The van der Waals surface area contributed by atoms with Crippen LogP contribution in [0.2, 0.25) is 0 Å². The summed E-state index contributed by atoms with van der Waals surface area (Å²) in [4.78, 5) is 30.7. The highest BCUT2D eigenvalue weighted by atomic mass is 32.1. The Labute approximate surface area is 300 Å². The number of ether oxygens (including phenoxy) is 2. The number of benzene rings is 2. The molecule has 10 nitrogen and oxygen atoms in total. The summed E-state index contributed by atoms with van der Waals surface area (Å²) < 4.78 is 89.1. The number of nitrogens with two attached hydrogens (primary N) is 1. The largest absolute Gasteiger partial charge is 0.461 e. The van der Waals surface area contributed by atoms with Crippen LogP contribution in [-0.4, -0.2) is 89.3 Å². The van der Waals surface area contributed by atoms with E-state index in [0.29, 0.717) is 17.8 Å². The van der Waals surface area contributed by atoms with Gasteiger partial charge < -0.3 is 25.0 Å². The highest BCUT2D eigenvalue weighted by molar-refractivity contribution is 7.23. The van der Waals surface area contributed by atoms with Crippen LogP contribution >= 0.6 is 11.3 Å². The van der Waals surface area contributed by atoms with E-state index in [9.17, 15) is 9.18 Å². The fourth-order valence-electron chi connectivity index (χ4n) is 8.34. The van der Waals surface area contributed by atoms with Crippen molar-refractivity contribution >= 4 is 54.7 Å². The standard InChI is InChI=1S/C36H36F5N7O3S/c1-6-25(49)48-18(2)14-46(15-19(48)3)33-22-12-23(36(39,40)41)26(21-8-9-24(37)31-27(21)30(43-4)32(42)52-31)28(38)29(22)44-34(45-33)51-17-35-10-7-11-47(35)16-20(13-35)50-5/h6,8-9,12,18-20H,1,7,10-11,13-17,42H2,2-3,5H3. The molecule has 0 aliphatic carbocycles. The van der Waals surface area contributed by atoms with E-state index >= 15 is 17.6 Å².